The lowest BCUT2D eigenvalue weighted by Crippen LogP contribution is -2.49. The van der Waals surface area contributed by atoms with Crippen LogP contribution in [0.25, 0.3) is 0 Å². The average molecular weight is 239 g/mol. The predicted octanol–water partition coefficient (Wildman–Crippen LogP) is -0.253. The summed E-state index contributed by atoms with van der Waals surface area (Å²) in [5.74, 6) is -0.236. The van der Waals surface area contributed by atoms with Crippen LogP contribution in [0, 0.1) is 5.92 Å². The maximum atomic E-state index is 11.8. The third-order valence-electron chi connectivity index (χ3n) is 3.11. The summed E-state index contributed by atoms with van der Waals surface area (Å²) in [4.78, 5) is 29.3. The van der Waals surface area contributed by atoms with Crippen molar-refractivity contribution in [3.63, 3.8) is 0 Å². The summed E-state index contributed by atoms with van der Waals surface area (Å²) in [7, 11) is 1.32. The summed E-state index contributed by atoms with van der Waals surface area (Å²) < 4.78 is 4.55. The third-order valence-corrected chi connectivity index (χ3v) is 3.11. The maximum absolute atomic E-state index is 11.8. The lowest BCUT2D eigenvalue weighted by Gasteiger charge is -2.26. The Morgan fingerprint density at radius 1 is 1.53 bits per heavy atom. The largest absolute Gasteiger partial charge is 0.469 e. The Balaban J connectivity index is 1.94. The van der Waals surface area contributed by atoms with Crippen molar-refractivity contribution in [2.24, 2.45) is 10.9 Å². The Morgan fingerprint density at radius 2 is 2.24 bits per heavy atom. The minimum Gasteiger partial charge on any atom is -0.469 e. The van der Waals surface area contributed by atoms with E-state index < -0.39 is 5.92 Å². The molecule has 1 N–H and O–H groups in total. The molecular weight excluding hydrogens is 222 g/mol. The van der Waals surface area contributed by atoms with Crippen LogP contribution in [0.15, 0.2) is 4.99 Å². The van der Waals surface area contributed by atoms with Gasteiger partial charge in [-0.15, -0.1) is 0 Å². The molecular formula is C11H17N3O3. The van der Waals surface area contributed by atoms with Gasteiger partial charge in [-0.2, -0.15) is 0 Å². The minimum atomic E-state index is -0.395. The van der Waals surface area contributed by atoms with E-state index in [2.05, 4.69) is 19.9 Å². The zero-order chi connectivity index (χ0) is 12.3. The number of nitrogens with one attached hydrogen (secondary N) is 1. The van der Waals surface area contributed by atoms with Crippen molar-refractivity contribution < 1.29 is 14.3 Å². The molecule has 1 saturated heterocycles. The van der Waals surface area contributed by atoms with E-state index in [9.17, 15) is 9.59 Å². The highest BCUT2D eigenvalue weighted by Crippen LogP contribution is 2.13. The van der Waals surface area contributed by atoms with Crippen molar-refractivity contribution in [2.45, 2.75) is 19.3 Å². The van der Waals surface area contributed by atoms with Crippen LogP contribution in [0.5, 0.6) is 0 Å². The number of hydrogen-bond donors (Lipinski definition) is 1. The van der Waals surface area contributed by atoms with Gasteiger partial charge in [-0.25, -0.2) is 0 Å². The summed E-state index contributed by atoms with van der Waals surface area (Å²) in [6.45, 7) is 2.26. The molecule has 17 heavy (non-hydrogen) atoms. The van der Waals surface area contributed by atoms with Gasteiger partial charge in [-0.05, 0) is 12.8 Å². The normalized spacial score (nSPS) is 24.3. The van der Waals surface area contributed by atoms with Gasteiger partial charge < -0.3 is 9.64 Å². The maximum Gasteiger partial charge on any atom is 0.306 e. The van der Waals surface area contributed by atoms with E-state index >= 15 is 0 Å². The van der Waals surface area contributed by atoms with Crippen molar-refractivity contribution >= 4 is 17.8 Å². The topological polar surface area (TPSA) is 71.0 Å². The lowest BCUT2D eigenvalue weighted by molar-refractivity contribution is -0.144. The second-order valence-corrected chi connectivity index (χ2v) is 4.32. The highest BCUT2D eigenvalue weighted by molar-refractivity contribution is 6.00. The SMILES string of the molecule is COC(=O)CC1CN=C(N2CCCC2)NC1=O. The number of methoxy groups -OCH3 is 1. The summed E-state index contributed by atoms with van der Waals surface area (Å²) in [5, 5.41) is 2.77. The molecule has 0 bridgehead atoms. The Bertz CT molecular complexity index is 348. The standard InChI is InChI=1S/C11H17N3O3/c1-17-9(15)6-8-7-12-11(13-10(8)16)14-4-2-3-5-14/h8H,2-7H2,1H3,(H,12,13,16). The van der Waals surface area contributed by atoms with Crippen LogP contribution < -0.4 is 5.32 Å². The third kappa shape index (κ3) is 2.75. The van der Waals surface area contributed by atoms with Crippen LogP contribution >= 0.6 is 0 Å². The molecule has 2 rings (SSSR count). The molecule has 0 spiro atoms. The van der Waals surface area contributed by atoms with Gasteiger partial charge in [0.05, 0.1) is 26.0 Å². The monoisotopic (exact) mass is 239 g/mol. The van der Waals surface area contributed by atoms with Crippen molar-refractivity contribution in [1.82, 2.24) is 10.2 Å². The fourth-order valence-electron chi connectivity index (χ4n) is 2.08. The van der Waals surface area contributed by atoms with Gasteiger partial charge in [0.2, 0.25) is 11.9 Å². The molecule has 6 heteroatoms. The molecule has 0 aromatic carbocycles. The number of likely N-dealkylation sites (tertiary alicyclic amines) is 1. The van der Waals surface area contributed by atoms with E-state index in [1.54, 1.807) is 0 Å². The Morgan fingerprint density at radius 3 is 2.82 bits per heavy atom. The molecule has 0 saturated carbocycles. The summed E-state index contributed by atoms with van der Waals surface area (Å²) >= 11 is 0. The van der Waals surface area contributed by atoms with E-state index in [-0.39, 0.29) is 18.3 Å². The number of aliphatic imine (C=N–C) groups is 1. The number of rotatable bonds is 2. The van der Waals surface area contributed by atoms with E-state index in [0.29, 0.717) is 12.5 Å². The summed E-state index contributed by atoms with van der Waals surface area (Å²) in [6, 6.07) is 0. The first-order chi connectivity index (χ1) is 8.20. The molecule has 6 nitrogen and oxygen atoms in total. The molecule has 1 amide bonds. The molecule has 2 heterocycles. The number of guanidine groups is 1. The second kappa shape index (κ2) is 5.16. The first kappa shape index (κ1) is 11.9. The van der Waals surface area contributed by atoms with Crippen LogP contribution in [0.3, 0.4) is 0 Å². The fourth-order valence-corrected chi connectivity index (χ4v) is 2.08. The van der Waals surface area contributed by atoms with Crippen molar-refractivity contribution in [2.75, 3.05) is 26.7 Å². The van der Waals surface area contributed by atoms with Crippen LogP contribution in [0.4, 0.5) is 0 Å². The van der Waals surface area contributed by atoms with Gasteiger partial charge in [-0.1, -0.05) is 0 Å². The molecule has 0 radical (unpaired) electrons. The molecule has 0 aromatic heterocycles. The summed E-state index contributed by atoms with van der Waals surface area (Å²) in [6.07, 6.45) is 2.38. The zero-order valence-electron chi connectivity index (χ0n) is 9.94. The molecule has 2 aliphatic rings. The average Bonchev–Trinajstić information content (AvgIpc) is 2.85. The van der Waals surface area contributed by atoms with Gasteiger partial charge in [0.25, 0.3) is 0 Å². The number of ether oxygens (including phenoxy) is 1. The van der Waals surface area contributed by atoms with Crippen molar-refractivity contribution in [1.29, 1.82) is 0 Å². The molecule has 94 valence electrons. The van der Waals surface area contributed by atoms with Gasteiger partial charge in [-0.3, -0.25) is 19.9 Å². The minimum absolute atomic E-state index is 0.0963. The highest BCUT2D eigenvalue weighted by atomic mass is 16.5. The first-order valence-corrected chi connectivity index (χ1v) is 5.88. The smallest absolute Gasteiger partial charge is 0.306 e. The van der Waals surface area contributed by atoms with Crippen LogP contribution in [0.2, 0.25) is 0 Å². The first-order valence-electron chi connectivity index (χ1n) is 5.88. The number of nitrogens with zero attached hydrogens (tertiary/aromatic N) is 2. The number of amides is 1. The van der Waals surface area contributed by atoms with Gasteiger partial charge in [0.1, 0.15) is 0 Å². The van der Waals surface area contributed by atoms with Crippen LogP contribution in [-0.2, 0) is 14.3 Å². The molecule has 1 unspecified atom stereocenters. The van der Waals surface area contributed by atoms with Crippen LogP contribution in [-0.4, -0.2) is 49.5 Å². The number of hydrogen-bond acceptors (Lipinski definition) is 5. The summed E-state index contributed by atoms with van der Waals surface area (Å²) in [5.41, 5.74) is 0. The van der Waals surface area contributed by atoms with Gasteiger partial charge in [0.15, 0.2) is 0 Å². The fraction of sp³-hybridized carbons (Fsp3) is 0.727. The van der Waals surface area contributed by atoms with Crippen molar-refractivity contribution in [3.05, 3.63) is 0 Å². The predicted molar refractivity (Wildman–Crippen MR) is 61.4 cm³/mol. The quantitative estimate of drug-likeness (QED) is 0.674. The van der Waals surface area contributed by atoms with E-state index in [1.165, 1.54) is 7.11 Å². The Labute approximate surface area is 100 Å². The van der Waals surface area contributed by atoms with E-state index in [0.717, 1.165) is 25.9 Å². The van der Waals surface area contributed by atoms with Gasteiger partial charge in [0, 0.05) is 13.1 Å². The second-order valence-electron chi connectivity index (χ2n) is 4.32. The van der Waals surface area contributed by atoms with Gasteiger partial charge >= 0.3 is 5.97 Å². The van der Waals surface area contributed by atoms with E-state index in [4.69, 9.17) is 0 Å². The zero-order valence-corrected chi connectivity index (χ0v) is 9.94. The molecule has 0 aliphatic carbocycles. The van der Waals surface area contributed by atoms with Crippen LogP contribution in [0.1, 0.15) is 19.3 Å². The molecule has 2 aliphatic heterocycles. The Kier molecular flexibility index (Phi) is 3.61. The van der Waals surface area contributed by atoms with Crippen molar-refractivity contribution in [3.8, 4) is 0 Å². The number of carbonyl (C=O) groups excluding carboxylic acids is 2. The highest BCUT2D eigenvalue weighted by Gasteiger charge is 2.29. The molecule has 1 fully saturated rings. The Hall–Kier alpha value is -1.59. The number of esters is 1. The van der Waals surface area contributed by atoms with E-state index in [1.807, 2.05) is 0 Å². The lowest BCUT2D eigenvalue weighted by atomic mass is 10.0. The number of carbonyl (C=O) groups is 2. The molecule has 0 aromatic rings. The molecule has 1 atom stereocenters.